The van der Waals surface area contributed by atoms with E-state index >= 15 is 0 Å². The first-order chi connectivity index (χ1) is 48.8. The van der Waals surface area contributed by atoms with E-state index in [1.807, 2.05) is 0 Å². The van der Waals surface area contributed by atoms with Crippen LogP contribution in [0.2, 0.25) is 0 Å². The molecule has 2 unspecified atom stereocenters. The number of hydrogen-bond acceptors (Lipinski definition) is 7. The lowest BCUT2D eigenvalue weighted by molar-refractivity contribution is 0.232. The van der Waals surface area contributed by atoms with Gasteiger partial charge in [-0.15, -0.1) is 0 Å². The van der Waals surface area contributed by atoms with Crippen LogP contribution in [0.5, 0.6) is 23.0 Å². The monoisotopic (exact) mass is 1300 g/mol. The molecule has 0 N–H and O–H groups in total. The molecule has 0 aliphatic rings. The molecule has 500 valence electrons. The van der Waals surface area contributed by atoms with Crippen LogP contribution in [0.4, 0.5) is 51.2 Å². The standard InChI is InChI=1S/C92H93N3O4/c1-7-11-28-70(9-3)68-98-91-67-77(90(97-6)64-78(91)54-42-74-46-58-86(59-47-74)94(82-34-22-15-23-35-82)83-36-24-16-25-37-83)53-41-73-48-60-87(61-49-73)95(84-38-26-17-27-39-84)88-62-50-75(51-63-88)43-55-79-65-89(96-5)76(66-92(79)99-69-71(10-4)29-12-8-2)52-40-72-44-56-85(57-45-72)93(80-30-18-13-19-31-80)81-32-20-14-21-33-81/h13-27,30-67,70-71H,7-12,28-29,68-69H2,1-6H3/b52-40+,53-41+,54-42+,55-43+. The van der Waals surface area contributed by atoms with E-state index in [4.69, 9.17) is 18.9 Å². The number of benzene rings is 11. The molecule has 0 saturated carbocycles. The molecule has 0 heterocycles. The molecular weight excluding hydrogens is 1210 g/mol. The van der Waals surface area contributed by atoms with Crippen LogP contribution in [-0.2, 0) is 0 Å². The molecule has 0 aromatic heterocycles. The Kier molecular flexibility index (Phi) is 25.1. The molecule has 7 nitrogen and oxygen atoms in total. The highest BCUT2D eigenvalue weighted by Gasteiger charge is 2.19. The predicted molar refractivity (Wildman–Crippen MR) is 423 cm³/mol. The average molecular weight is 1300 g/mol. The third-order valence-corrected chi connectivity index (χ3v) is 18.3. The van der Waals surface area contributed by atoms with Crippen molar-refractivity contribution in [2.45, 2.75) is 79.1 Å². The zero-order valence-corrected chi connectivity index (χ0v) is 58.3. The summed E-state index contributed by atoms with van der Waals surface area (Å²) in [5, 5.41) is 0. The fourth-order valence-corrected chi connectivity index (χ4v) is 12.4. The van der Waals surface area contributed by atoms with Crippen molar-refractivity contribution in [1.29, 1.82) is 0 Å². The smallest absolute Gasteiger partial charge is 0.127 e. The lowest BCUT2D eigenvalue weighted by atomic mass is 10.0. The van der Waals surface area contributed by atoms with Crippen LogP contribution in [-0.4, -0.2) is 27.4 Å². The van der Waals surface area contributed by atoms with Crippen LogP contribution < -0.4 is 33.6 Å². The first kappa shape index (κ1) is 69.3. The maximum absolute atomic E-state index is 6.81. The summed E-state index contributed by atoms with van der Waals surface area (Å²) in [5.41, 5.74) is 17.8. The summed E-state index contributed by atoms with van der Waals surface area (Å²) in [6.07, 6.45) is 26.3. The minimum Gasteiger partial charge on any atom is -0.496 e. The maximum atomic E-state index is 6.81. The normalized spacial score (nSPS) is 12.1. The Morgan fingerprint density at radius 1 is 0.273 bits per heavy atom. The summed E-state index contributed by atoms with van der Waals surface area (Å²) >= 11 is 0. The number of ether oxygens (including phenoxy) is 4. The molecule has 11 aromatic rings. The van der Waals surface area contributed by atoms with Crippen molar-refractivity contribution in [1.82, 2.24) is 0 Å². The third kappa shape index (κ3) is 18.8. The van der Waals surface area contributed by atoms with Crippen molar-refractivity contribution < 1.29 is 18.9 Å². The number of methoxy groups -OCH3 is 2. The third-order valence-electron chi connectivity index (χ3n) is 18.3. The predicted octanol–water partition coefficient (Wildman–Crippen LogP) is 26.0. The summed E-state index contributed by atoms with van der Waals surface area (Å²) in [7, 11) is 3.48. The van der Waals surface area contributed by atoms with Crippen molar-refractivity contribution in [3.63, 3.8) is 0 Å². The van der Waals surface area contributed by atoms with Gasteiger partial charge in [-0.1, -0.05) is 254 Å². The Balaban J connectivity index is 0.822. The molecule has 11 rings (SSSR count). The second-order valence-electron chi connectivity index (χ2n) is 25.1. The minimum absolute atomic E-state index is 0.464. The lowest BCUT2D eigenvalue weighted by Gasteiger charge is -2.25. The fraction of sp³-hybridized carbons (Fsp3) is 0.196. The first-order valence-electron chi connectivity index (χ1n) is 35.3. The molecule has 2 atom stereocenters. The van der Waals surface area contributed by atoms with Crippen LogP contribution in [0.1, 0.15) is 124 Å². The molecular formula is C92H93N3O4. The lowest BCUT2D eigenvalue weighted by Crippen LogP contribution is -2.12. The summed E-state index contributed by atoms with van der Waals surface area (Å²) in [4.78, 5) is 6.85. The molecule has 99 heavy (non-hydrogen) atoms. The van der Waals surface area contributed by atoms with Crippen LogP contribution in [0.15, 0.2) is 273 Å². The van der Waals surface area contributed by atoms with Gasteiger partial charge in [-0.25, -0.2) is 0 Å². The van der Waals surface area contributed by atoms with Gasteiger partial charge in [0.05, 0.1) is 27.4 Å². The molecule has 0 saturated heterocycles. The molecule has 11 aromatic carbocycles. The zero-order valence-electron chi connectivity index (χ0n) is 58.3. The van der Waals surface area contributed by atoms with E-state index in [2.05, 4.69) is 364 Å². The molecule has 0 amide bonds. The van der Waals surface area contributed by atoms with Gasteiger partial charge in [-0.05, 0) is 180 Å². The Hall–Kier alpha value is -11.0. The number of nitrogens with zero attached hydrogens (tertiary/aromatic N) is 3. The number of rotatable bonds is 33. The van der Waals surface area contributed by atoms with Gasteiger partial charge in [0.1, 0.15) is 23.0 Å². The van der Waals surface area contributed by atoms with Gasteiger partial charge in [0.15, 0.2) is 0 Å². The molecule has 7 heteroatoms. The van der Waals surface area contributed by atoms with Gasteiger partial charge < -0.3 is 33.6 Å². The zero-order chi connectivity index (χ0) is 68.4. The van der Waals surface area contributed by atoms with Gasteiger partial charge in [0.25, 0.3) is 0 Å². The van der Waals surface area contributed by atoms with Crippen molar-refractivity contribution in [2.24, 2.45) is 11.8 Å². The highest BCUT2D eigenvalue weighted by atomic mass is 16.5. The first-order valence-corrected chi connectivity index (χ1v) is 35.3. The van der Waals surface area contributed by atoms with E-state index in [1.165, 1.54) is 25.7 Å². The van der Waals surface area contributed by atoms with Gasteiger partial charge in [0.2, 0.25) is 0 Å². The largest absolute Gasteiger partial charge is 0.496 e. The van der Waals surface area contributed by atoms with Crippen LogP contribution in [0.25, 0.3) is 48.6 Å². The average Bonchev–Trinajstić information content (AvgIpc) is 0.844. The second-order valence-corrected chi connectivity index (χ2v) is 25.1. The molecule has 0 radical (unpaired) electrons. The fourth-order valence-electron chi connectivity index (χ4n) is 12.4. The Morgan fingerprint density at radius 3 is 0.717 bits per heavy atom. The summed E-state index contributed by atoms with van der Waals surface area (Å²) < 4.78 is 25.9. The van der Waals surface area contributed by atoms with Gasteiger partial charge in [-0.3, -0.25) is 0 Å². The van der Waals surface area contributed by atoms with E-state index in [0.717, 1.165) is 144 Å². The Morgan fingerprint density at radius 2 is 0.495 bits per heavy atom. The Bertz CT molecular complexity index is 4290. The molecule has 0 fully saturated rings. The second kappa shape index (κ2) is 35.8. The molecule has 0 bridgehead atoms. The number of anilines is 9. The van der Waals surface area contributed by atoms with Gasteiger partial charge in [0, 0.05) is 73.4 Å². The highest BCUT2D eigenvalue weighted by molar-refractivity contribution is 5.85. The van der Waals surface area contributed by atoms with Gasteiger partial charge >= 0.3 is 0 Å². The van der Waals surface area contributed by atoms with Crippen LogP contribution in [0.3, 0.4) is 0 Å². The maximum Gasteiger partial charge on any atom is 0.127 e. The summed E-state index contributed by atoms with van der Waals surface area (Å²) in [6.45, 7) is 10.3. The van der Waals surface area contributed by atoms with E-state index < -0.39 is 0 Å². The minimum atomic E-state index is 0.464. The van der Waals surface area contributed by atoms with Crippen LogP contribution >= 0.6 is 0 Å². The van der Waals surface area contributed by atoms with Crippen molar-refractivity contribution >= 4 is 99.8 Å². The topological polar surface area (TPSA) is 46.6 Å². The quantitative estimate of drug-likeness (QED) is 0.0380. The molecule has 0 aliphatic carbocycles. The van der Waals surface area contributed by atoms with E-state index in [1.54, 1.807) is 14.2 Å². The van der Waals surface area contributed by atoms with E-state index in [0.29, 0.717) is 25.0 Å². The van der Waals surface area contributed by atoms with Gasteiger partial charge in [-0.2, -0.15) is 0 Å². The van der Waals surface area contributed by atoms with Crippen molar-refractivity contribution in [3.05, 3.63) is 317 Å². The summed E-state index contributed by atoms with van der Waals surface area (Å²) in [6, 6.07) is 95.9. The molecule has 0 aliphatic heterocycles. The number of hydrogen-bond donors (Lipinski definition) is 0. The van der Waals surface area contributed by atoms with Crippen molar-refractivity contribution in [2.75, 3.05) is 42.1 Å². The van der Waals surface area contributed by atoms with Crippen molar-refractivity contribution in [3.8, 4) is 23.0 Å². The molecule has 0 spiro atoms. The summed E-state index contributed by atoms with van der Waals surface area (Å²) in [5.74, 6) is 4.13. The highest BCUT2D eigenvalue weighted by Crippen LogP contribution is 2.40. The van der Waals surface area contributed by atoms with Crippen LogP contribution in [0, 0.1) is 11.8 Å². The van der Waals surface area contributed by atoms with E-state index in [9.17, 15) is 0 Å². The Labute approximate surface area is 588 Å². The number of unbranched alkanes of at least 4 members (excludes halogenated alkanes) is 2. The SMILES string of the molecule is CCCCC(CC)COc1cc(/C=C/c2ccc(N(c3ccccc3)c3ccc(/C=C/c4cc(OC)c(/C=C/c5ccc(N(c6ccccc6)c6ccccc6)cc5)cc4OCC(CC)CCCC)cc3)cc2)c(OC)cc1/C=C/c1ccc(N(c2ccccc2)c2ccccc2)cc1. The number of para-hydroxylation sites is 5. The van der Waals surface area contributed by atoms with E-state index in [-0.39, 0.29) is 0 Å².